The molecule has 1 aliphatic rings. The summed E-state index contributed by atoms with van der Waals surface area (Å²) >= 11 is 9.22. The van der Waals surface area contributed by atoms with Crippen molar-refractivity contribution in [1.29, 1.82) is 0 Å². The first kappa shape index (κ1) is 13.2. The molecule has 1 unspecified atom stereocenters. The maximum atomic E-state index is 5.83. The Morgan fingerprint density at radius 2 is 2.29 bits per heavy atom. The number of hydrogen-bond donors (Lipinski definition) is 0. The Morgan fingerprint density at radius 3 is 2.88 bits per heavy atom. The minimum absolute atomic E-state index is 0.434. The van der Waals surface area contributed by atoms with Crippen LogP contribution < -0.4 is 0 Å². The quantitative estimate of drug-likeness (QED) is 0.857. The molecule has 0 aliphatic carbocycles. The molecule has 2 heterocycles. The summed E-state index contributed by atoms with van der Waals surface area (Å²) in [7, 11) is 0. The van der Waals surface area contributed by atoms with Gasteiger partial charge in [-0.2, -0.15) is 5.10 Å². The van der Waals surface area contributed by atoms with E-state index in [2.05, 4.69) is 44.9 Å². The Balaban J connectivity index is 1.96. The number of rotatable bonds is 3. The molecule has 1 aromatic rings. The Bertz CT molecular complexity index is 397. The lowest BCUT2D eigenvalue weighted by Crippen LogP contribution is -2.28. The highest BCUT2D eigenvalue weighted by Crippen LogP contribution is 2.24. The van der Waals surface area contributed by atoms with Crippen molar-refractivity contribution in [3.05, 3.63) is 21.4 Å². The molecular formula is C12H17BrClN3. The second kappa shape index (κ2) is 5.63. The summed E-state index contributed by atoms with van der Waals surface area (Å²) < 4.78 is 0.836. The molecule has 0 aromatic carbocycles. The SMILES string of the molecule is CC(C)N1CCC(Cc2cc(Br)c(Cl)nn2)C1. The normalized spacial score (nSPS) is 21.4. The van der Waals surface area contributed by atoms with Gasteiger partial charge in [0.1, 0.15) is 0 Å². The minimum atomic E-state index is 0.434. The van der Waals surface area contributed by atoms with Crippen molar-refractivity contribution in [2.75, 3.05) is 13.1 Å². The number of aromatic nitrogens is 2. The van der Waals surface area contributed by atoms with Gasteiger partial charge in [-0.05, 0) is 61.1 Å². The van der Waals surface area contributed by atoms with Crippen molar-refractivity contribution in [1.82, 2.24) is 15.1 Å². The molecule has 1 aromatic heterocycles. The van der Waals surface area contributed by atoms with Crippen LogP contribution in [0.25, 0.3) is 0 Å². The summed E-state index contributed by atoms with van der Waals surface area (Å²) in [5, 5.41) is 8.51. The predicted molar refractivity (Wildman–Crippen MR) is 73.3 cm³/mol. The van der Waals surface area contributed by atoms with Crippen molar-refractivity contribution in [2.45, 2.75) is 32.7 Å². The van der Waals surface area contributed by atoms with E-state index >= 15 is 0 Å². The summed E-state index contributed by atoms with van der Waals surface area (Å²) in [6, 6.07) is 2.62. The van der Waals surface area contributed by atoms with Crippen LogP contribution in [0.1, 0.15) is 26.0 Å². The van der Waals surface area contributed by atoms with Crippen LogP contribution in [0.4, 0.5) is 0 Å². The number of halogens is 2. The second-order valence-electron chi connectivity index (χ2n) is 4.92. The van der Waals surface area contributed by atoms with Crippen molar-refractivity contribution >= 4 is 27.5 Å². The molecule has 5 heteroatoms. The summed E-state index contributed by atoms with van der Waals surface area (Å²) in [6.07, 6.45) is 2.24. The van der Waals surface area contributed by atoms with E-state index in [0.717, 1.165) is 16.6 Å². The third-order valence-corrected chi connectivity index (χ3v) is 4.41. The third-order valence-electron chi connectivity index (χ3n) is 3.30. The van der Waals surface area contributed by atoms with E-state index in [1.807, 2.05) is 6.07 Å². The van der Waals surface area contributed by atoms with Gasteiger partial charge in [0.05, 0.1) is 10.2 Å². The highest BCUT2D eigenvalue weighted by molar-refractivity contribution is 9.10. The lowest BCUT2D eigenvalue weighted by molar-refractivity contribution is 0.264. The molecule has 0 saturated carbocycles. The molecule has 0 bridgehead atoms. The fraction of sp³-hybridized carbons (Fsp3) is 0.667. The van der Waals surface area contributed by atoms with Crippen LogP contribution in [0.2, 0.25) is 5.15 Å². The zero-order valence-electron chi connectivity index (χ0n) is 10.2. The average molecular weight is 319 g/mol. The Morgan fingerprint density at radius 1 is 1.53 bits per heavy atom. The number of hydrogen-bond acceptors (Lipinski definition) is 3. The lowest BCUT2D eigenvalue weighted by atomic mass is 10.0. The summed E-state index contributed by atoms with van der Waals surface area (Å²) in [5.74, 6) is 0.694. The Kier molecular flexibility index (Phi) is 4.39. The Hall–Kier alpha value is -0.190. The van der Waals surface area contributed by atoms with Gasteiger partial charge in [0.15, 0.2) is 5.15 Å². The smallest absolute Gasteiger partial charge is 0.165 e. The van der Waals surface area contributed by atoms with E-state index in [1.165, 1.54) is 19.5 Å². The molecule has 0 N–H and O–H groups in total. The largest absolute Gasteiger partial charge is 0.301 e. The van der Waals surface area contributed by atoms with Crippen LogP contribution in [0.5, 0.6) is 0 Å². The van der Waals surface area contributed by atoms with Crippen LogP contribution in [0, 0.1) is 5.92 Å². The number of likely N-dealkylation sites (tertiary alicyclic amines) is 1. The summed E-state index contributed by atoms with van der Waals surface area (Å²) in [5.41, 5.74) is 1.02. The average Bonchev–Trinajstić information content (AvgIpc) is 2.72. The molecule has 0 spiro atoms. The maximum absolute atomic E-state index is 5.83. The van der Waals surface area contributed by atoms with E-state index < -0.39 is 0 Å². The minimum Gasteiger partial charge on any atom is -0.301 e. The predicted octanol–water partition coefficient (Wildman–Crippen LogP) is 3.17. The van der Waals surface area contributed by atoms with Crippen LogP contribution in [-0.2, 0) is 6.42 Å². The molecule has 3 nitrogen and oxygen atoms in total. The molecule has 94 valence electrons. The van der Waals surface area contributed by atoms with Gasteiger partial charge in [0, 0.05) is 12.6 Å². The Labute approximate surface area is 116 Å². The van der Waals surface area contributed by atoms with Crippen LogP contribution in [0.3, 0.4) is 0 Å². The highest BCUT2D eigenvalue weighted by atomic mass is 79.9. The first-order chi connectivity index (χ1) is 8.06. The van der Waals surface area contributed by atoms with E-state index in [0.29, 0.717) is 17.1 Å². The van der Waals surface area contributed by atoms with Crippen molar-refractivity contribution in [3.63, 3.8) is 0 Å². The van der Waals surface area contributed by atoms with Gasteiger partial charge in [0.2, 0.25) is 0 Å². The van der Waals surface area contributed by atoms with Gasteiger partial charge < -0.3 is 4.90 Å². The van der Waals surface area contributed by atoms with Gasteiger partial charge in [-0.1, -0.05) is 11.6 Å². The molecule has 1 saturated heterocycles. The van der Waals surface area contributed by atoms with Gasteiger partial charge in [-0.3, -0.25) is 0 Å². The van der Waals surface area contributed by atoms with Gasteiger partial charge in [-0.25, -0.2) is 0 Å². The fourth-order valence-corrected chi connectivity index (χ4v) is 2.72. The van der Waals surface area contributed by atoms with Gasteiger partial charge >= 0.3 is 0 Å². The topological polar surface area (TPSA) is 29.0 Å². The van der Waals surface area contributed by atoms with Crippen LogP contribution in [0.15, 0.2) is 10.5 Å². The summed E-state index contributed by atoms with van der Waals surface area (Å²) in [4.78, 5) is 2.52. The maximum Gasteiger partial charge on any atom is 0.165 e. The van der Waals surface area contributed by atoms with Crippen LogP contribution >= 0.6 is 27.5 Å². The molecule has 0 radical (unpaired) electrons. The highest BCUT2D eigenvalue weighted by Gasteiger charge is 2.24. The van der Waals surface area contributed by atoms with Crippen LogP contribution in [-0.4, -0.2) is 34.2 Å². The fourth-order valence-electron chi connectivity index (χ4n) is 2.28. The van der Waals surface area contributed by atoms with E-state index in [9.17, 15) is 0 Å². The van der Waals surface area contributed by atoms with Gasteiger partial charge in [-0.15, -0.1) is 5.10 Å². The van der Waals surface area contributed by atoms with E-state index in [4.69, 9.17) is 11.6 Å². The van der Waals surface area contributed by atoms with E-state index in [1.54, 1.807) is 0 Å². The molecular weight excluding hydrogens is 302 g/mol. The monoisotopic (exact) mass is 317 g/mol. The molecule has 2 rings (SSSR count). The summed E-state index contributed by atoms with van der Waals surface area (Å²) in [6.45, 7) is 6.87. The third kappa shape index (κ3) is 3.39. The zero-order chi connectivity index (χ0) is 12.4. The molecule has 1 aliphatic heterocycles. The van der Waals surface area contributed by atoms with E-state index in [-0.39, 0.29) is 0 Å². The first-order valence-corrected chi connectivity index (χ1v) is 7.15. The van der Waals surface area contributed by atoms with Crippen molar-refractivity contribution < 1.29 is 0 Å². The molecule has 0 amide bonds. The van der Waals surface area contributed by atoms with Crippen molar-refractivity contribution in [3.8, 4) is 0 Å². The lowest BCUT2D eigenvalue weighted by Gasteiger charge is -2.20. The molecule has 1 atom stereocenters. The molecule has 17 heavy (non-hydrogen) atoms. The standard InChI is InChI=1S/C12H17BrClN3/c1-8(2)17-4-3-9(7-17)5-10-6-11(13)12(14)16-15-10/h6,8-9H,3-5,7H2,1-2H3. The second-order valence-corrected chi connectivity index (χ2v) is 6.13. The zero-order valence-corrected chi connectivity index (χ0v) is 12.5. The number of nitrogens with zero attached hydrogens (tertiary/aromatic N) is 3. The van der Waals surface area contributed by atoms with Gasteiger partial charge in [0.25, 0.3) is 0 Å². The van der Waals surface area contributed by atoms with Crippen molar-refractivity contribution in [2.24, 2.45) is 5.92 Å². The first-order valence-electron chi connectivity index (χ1n) is 5.98. The molecule has 1 fully saturated rings.